The molecule has 1 saturated heterocycles. The molecular formula is C14H27NO2. The van der Waals surface area contributed by atoms with E-state index in [0.717, 1.165) is 38.5 Å². The summed E-state index contributed by atoms with van der Waals surface area (Å²) in [6, 6.07) is 0.640. The van der Waals surface area contributed by atoms with Crippen molar-refractivity contribution in [2.24, 2.45) is 17.3 Å². The summed E-state index contributed by atoms with van der Waals surface area (Å²) in [5.74, 6) is 1.57. The van der Waals surface area contributed by atoms with Gasteiger partial charge in [-0.3, -0.25) is 0 Å². The van der Waals surface area contributed by atoms with Crippen LogP contribution in [-0.4, -0.2) is 37.5 Å². The van der Waals surface area contributed by atoms with Gasteiger partial charge < -0.3 is 15.2 Å². The van der Waals surface area contributed by atoms with E-state index in [1.165, 1.54) is 12.8 Å². The van der Waals surface area contributed by atoms with Gasteiger partial charge in [-0.25, -0.2) is 0 Å². The molecule has 1 saturated carbocycles. The third-order valence-corrected chi connectivity index (χ3v) is 4.45. The normalized spacial score (nSPS) is 26.1. The summed E-state index contributed by atoms with van der Waals surface area (Å²) >= 11 is 0. The van der Waals surface area contributed by atoms with E-state index < -0.39 is 0 Å². The van der Waals surface area contributed by atoms with Crippen molar-refractivity contribution in [3.8, 4) is 0 Å². The molecule has 2 rings (SSSR count). The maximum absolute atomic E-state index is 9.65. The van der Waals surface area contributed by atoms with E-state index in [9.17, 15) is 5.11 Å². The van der Waals surface area contributed by atoms with Crippen LogP contribution in [0.25, 0.3) is 0 Å². The van der Waals surface area contributed by atoms with E-state index in [2.05, 4.69) is 19.2 Å². The van der Waals surface area contributed by atoms with Gasteiger partial charge in [0, 0.05) is 31.2 Å². The Morgan fingerprint density at radius 3 is 2.41 bits per heavy atom. The van der Waals surface area contributed by atoms with Gasteiger partial charge in [0.05, 0.1) is 6.61 Å². The highest BCUT2D eigenvalue weighted by Crippen LogP contribution is 2.37. The number of hydrogen-bond donors (Lipinski definition) is 2. The zero-order valence-corrected chi connectivity index (χ0v) is 11.2. The highest BCUT2D eigenvalue weighted by molar-refractivity contribution is 4.91. The second-order valence-corrected chi connectivity index (χ2v) is 6.26. The molecule has 2 fully saturated rings. The van der Waals surface area contributed by atoms with Gasteiger partial charge in [-0.15, -0.1) is 0 Å². The zero-order valence-electron chi connectivity index (χ0n) is 11.2. The van der Waals surface area contributed by atoms with Gasteiger partial charge in [-0.2, -0.15) is 0 Å². The van der Waals surface area contributed by atoms with Gasteiger partial charge >= 0.3 is 0 Å². The number of hydrogen-bond acceptors (Lipinski definition) is 3. The van der Waals surface area contributed by atoms with Crippen LogP contribution in [0.3, 0.4) is 0 Å². The first-order valence-corrected chi connectivity index (χ1v) is 7.09. The number of ether oxygens (including phenoxy) is 1. The first-order valence-electron chi connectivity index (χ1n) is 7.09. The first kappa shape index (κ1) is 13.3. The maximum atomic E-state index is 9.65. The van der Waals surface area contributed by atoms with Crippen molar-refractivity contribution in [1.29, 1.82) is 0 Å². The van der Waals surface area contributed by atoms with Gasteiger partial charge in [-0.1, -0.05) is 13.8 Å². The van der Waals surface area contributed by atoms with Crippen molar-refractivity contribution < 1.29 is 9.84 Å². The second kappa shape index (κ2) is 5.68. The summed E-state index contributed by atoms with van der Waals surface area (Å²) in [5.41, 5.74) is 0.0697. The van der Waals surface area contributed by atoms with Crippen LogP contribution in [0.2, 0.25) is 0 Å². The summed E-state index contributed by atoms with van der Waals surface area (Å²) < 4.78 is 5.40. The molecule has 0 aromatic rings. The van der Waals surface area contributed by atoms with E-state index in [1.807, 2.05) is 0 Å². The maximum Gasteiger partial charge on any atom is 0.0501 e. The lowest BCUT2D eigenvalue weighted by atomic mass is 9.80. The Bertz CT molecular complexity index is 230. The molecule has 0 aromatic carbocycles. The Kier molecular flexibility index (Phi) is 4.45. The van der Waals surface area contributed by atoms with Crippen LogP contribution in [0.1, 0.15) is 39.5 Å². The monoisotopic (exact) mass is 241 g/mol. The molecule has 0 bridgehead atoms. The fourth-order valence-electron chi connectivity index (χ4n) is 2.93. The van der Waals surface area contributed by atoms with E-state index >= 15 is 0 Å². The van der Waals surface area contributed by atoms with Gasteiger partial charge in [0.2, 0.25) is 0 Å². The Labute approximate surface area is 105 Å². The summed E-state index contributed by atoms with van der Waals surface area (Å²) in [4.78, 5) is 0. The molecule has 1 aliphatic heterocycles. The predicted octanol–water partition coefficient (Wildman–Crippen LogP) is 1.80. The average molecular weight is 241 g/mol. The molecule has 0 spiro atoms. The molecule has 3 nitrogen and oxygen atoms in total. The van der Waals surface area contributed by atoms with Crippen LogP contribution in [-0.2, 0) is 4.74 Å². The molecule has 1 aliphatic carbocycles. The Hall–Kier alpha value is -0.120. The Balaban J connectivity index is 1.85. The summed E-state index contributed by atoms with van der Waals surface area (Å²) in [5, 5.41) is 13.4. The van der Waals surface area contributed by atoms with E-state index in [1.54, 1.807) is 0 Å². The molecule has 1 unspecified atom stereocenters. The van der Waals surface area contributed by atoms with Gasteiger partial charge in [0.25, 0.3) is 0 Å². The van der Waals surface area contributed by atoms with Gasteiger partial charge in [0.15, 0.2) is 0 Å². The molecule has 0 amide bonds. The SMILES string of the molecule is CC(C)C(NCC1(CO)CCOCC1)C1CC1. The smallest absolute Gasteiger partial charge is 0.0501 e. The summed E-state index contributed by atoms with van der Waals surface area (Å²) in [7, 11) is 0. The van der Waals surface area contributed by atoms with Crippen LogP contribution >= 0.6 is 0 Å². The number of aliphatic hydroxyl groups excluding tert-OH is 1. The van der Waals surface area contributed by atoms with Crippen molar-refractivity contribution in [3.05, 3.63) is 0 Å². The fourth-order valence-corrected chi connectivity index (χ4v) is 2.93. The lowest BCUT2D eigenvalue weighted by molar-refractivity contribution is -0.0175. The molecule has 1 atom stereocenters. The molecule has 0 radical (unpaired) electrons. The topological polar surface area (TPSA) is 41.5 Å². The van der Waals surface area contributed by atoms with Crippen LogP contribution in [0.15, 0.2) is 0 Å². The molecule has 17 heavy (non-hydrogen) atoms. The molecular weight excluding hydrogens is 214 g/mol. The molecule has 100 valence electrons. The molecule has 2 aliphatic rings. The predicted molar refractivity (Wildman–Crippen MR) is 68.9 cm³/mol. The largest absolute Gasteiger partial charge is 0.396 e. The van der Waals surface area contributed by atoms with Gasteiger partial charge in [0.1, 0.15) is 0 Å². The minimum absolute atomic E-state index is 0.0697. The molecule has 0 aromatic heterocycles. The second-order valence-electron chi connectivity index (χ2n) is 6.26. The van der Waals surface area contributed by atoms with Crippen molar-refractivity contribution >= 4 is 0 Å². The fraction of sp³-hybridized carbons (Fsp3) is 1.00. The molecule has 1 heterocycles. The lowest BCUT2D eigenvalue weighted by Crippen LogP contribution is -2.47. The summed E-state index contributed by atoms with van der Waals surface area (Å²) in [6.07, 6.45) is 4.74. The highest BCUT2D eigenvalue weighted by Gasteiger charge is 2.37. The van der Waals surface area contributed by atoms with E-state index in [0.29, 0.717) is 18.6 Å². The Morgan fingerprint density at radius 1 is 1.29 bits per heavy atom. The van der Waals surface area contributed by atoms with Crippen LogP contribution < -0.4 is 5.32 Å². The lowest BCUT2D eigenvalue weighted by Gasteiger charge is -2.37. The third-order valence-electron chi connectivity index (χ3n) is 4.45. The van der Waals surface area contributed by atoms with Crippen LogP contribution in [0.4, 0.5) is 0 Å². The number of aliphatic hydroxyl groups is 1. The molecule has 3 heteroatoms. The van der Waals surface area contributed by atoms with E-state index in [4.69, 9.17) is 4.74 Å². The molecule has 2 N–H and O–H groups in total. The minimum atomic E-state index is 0.0697. The van der Waals surface area contributed by atoms with Crippen molar-refractivity contribution in [2.45, 2.75) is 45.6 Å². The van der Waals surface area contributed by atoms with E-state index in [-0.39, 0.29) is 5.41 Å². The highest BCUT2D eigenvalue weighted by atomic mass is 16.5. The standard InChI is InChI=1S/C14H27NO2/c1-11(2)13(12-3-4-12)15-9-14(10-16)5-7-17-8-6-14/h11-13,15-16H,3-10H2,1-2H3. The van der Waals surface area contributed by atoms with Crippen molar-refractivity contribution in [2.75, 3.05) is 26.4 Å². The third kappa shape index (κ3) is 3.43. The number of rotatable bonds is 6. The minimum Gasteiger partial charge on any atom is -0.396 e. The van der Waals surface area contributed by atoms with Gasteiger partial charge in [-0.05, 0) is 37.5 Å². The van der Waals surface area contributed by atoms with Crippen LogP contribution in [0, 0.1) is 17.3 Å². The quantitative estimate of drug-likeness (QED) is 0.745. The van der Waals surface area contributed by atoms with Crippen molar-refractivity contribution in [1.82, 2.24) is 5.32 Å². The average Bonchev–Trinajstić information content (AvgIpc) is 3.14. The first-order chi connectivity index (χ1) is 8.17. The van der Waals surface area contributed by atoms with Crippen molar-refractivity contribution in [3.63, 3.8) is 0 Å². The Morgan fingerprint density at radius 2 is 1.94 bits per heavy atom. The number of nitrogens with one attached hydrogen (secondary N) is 1. The zero-order chi connectivity index (χ0) is 12.3. The van der Waals surface area contributed by atoms with Crippen LogP contribution in [0.5, 0.6) is 0 Å². The summed E-state index contributed by atoms with van der Waals surface area (Å²) in [6.45, 7) is 7.44.